The average Bonchev–Trinajstić information content (AvgIpc) is 2.63. The smallest absolute Gasteiger partial charge is 0.127 e. The summed E-state index contributed by atoms with van der Waals surface area (Å²) >= 11 is 0. The van der Waals surface area contributed by atoms with E-state index in [0.29, 0.717) is 6.04 Å². The molecule has 2 rings (SSSR count). The molecule has 0 saturated carbocycles. The third-order valence-electron chi connectivity index (χ3n) is 3.11. The number of nitrogens with zero attached hydrogens (tertiary/aromatic N) is 1. The molecule has 0 spiro atoms. The third-order valence-corrected chi connectivity index (χ3v) is 3.11. The Morgan fingerprint density at radius 3 is 3.14 bits per heavy atom. The van der Waals surface area contributed by atoms with Crippen molar-refractivity contribution >= 4 is 0 Å². The predicted molar refractivity (Wildman–Crippen MR) is 57.2 cm³/mol. The number of rotatable bonds is 3. The topological polar surface area (TPSA) is 24.5 Å². The summed E-state index contributed by atoms with van der Waals surface area (Å²) in [5.41, 5.74) is 0. The highest BCUT2D eigenvalue weighted by molar-refractivity contribution is 4.93. The highest BCUT2D eigenvalue weighted by atomic mass is 16.5. The number of hydrogen-bond acceptors (Lipinski definition) is 3. The van der Waals surface area contributed by atoms with Crippen molar-refractivity contribution in [3.05, 3.63) is 12.2 Å². The zero-order valence-corrected chi connectivity index (χ0v) is 8.91. The summed E-state index contributed by atoms with van der Waals surface area (Å²) in [7, 11) is 2.19. The molecular formula is C11H20N2O. The molecule has 2 aliphatic rings. The summed E-state index contributed by atoms with van der Waals surface area (Å²) < 4.78 is 5.80. The fourth-order valence-electron chi connectivity index (χ4n) is 2.12. The summed E-state index contributed by atoms with van der Waals surface area (Å²) in [6, 6.07) is 0.632. The van der Waals surface area contributed by atoms with Crippen LogP contribution in [0.2, 0.25) is 0 Å². The molecule has 2 heterocycles. The monoisotopic (exact) mass is 196 g/mol. The molecule has 3 heteroatoms. The van der Waals surface area contributed by atoms with Crippen LogP contribution in [-0.4, -0.2) is 43.9 Å². The molecule has 0 aliphatic carbocycles. The molecule has 80 valence electrons. The van der Waals surface area contributed by atoms with Crippen LogP contribution >= 0.6 is 0 Å². The van der Waals surface area contributed by atoms with Crippen molar-refractivity contribution in [2.24, 2.45) is 0 Å². The lowest BCUT2D eigenvalue weighted by Gasteiger charge is -2.24. The summed E-state index contributed by atoms with van der Waals surface area (Å²) in [4.78, 5) is 2.40. The van der Waals surface area contributed by atoms with Crippen LogP contribution in [0, 0.1) is 0 Å². The van der Waals surface area contributed by atoms with Crippen molar-refractivity contribution in [3.8, 4) is 0 Å². The van der Waals surface area contributed by atoms with Gasteiger partial charge in [0.2, 0.25) is 0 Å². The van der Waals surface area contributed by atoms with Gasteiger partial charge in [0.05, 0.1) is 6.61 Å². The SMILES string of the molecule is CN1CCCC1COC1C=CCCN1. The van der Waals surface area contributed by atoms with E-state index in [0.717, 1.165) is 19.6 Å². The van der Waals surface area contributed by atoms with Gasteiger partial charge in [-0.2, -0.15) is 0 Å². The molecule has 2 atom stereocenters. The second-order valence-electron chi connectivity index (χ2n) is 4.20. The van der Waals surface area contributed by atoms with E-state index in [2.05, 4.69) is 29.4 Å². The number of likely N-dealkylation sites (tertiary alicyclic amines) is 1. The van der Waals surface area contributed by atoms with Gasteiger partial charge in [0, 0.05) is 12.6 Å². The van der Waals surface area contributed by atoms with Gasteiger partial charge in [-0.25, -0.2) is 0 Å². The summed E-state index contributed by atoms with van der Waals surface area (Å²) in [5.74, 6) is 0. The standard InChI is InChI=1S/C11H20N2O/c1-13-8-4-5-10(13)9-14-11-6-2-3-7-12-11/h2,6,10-12H,3-5,7-9H2,1H3. The lowest BCUT2D eigenvalue weighted by molar-refractivity contribution is 0.0289. The minimum Gasteiger partial charge on any atom is -0.358 e. The van der Waals surface area contributed by atoms with E-state index in [1.807, 2.05) is 0 Å². The summed E-state index contributed by atoms with van der Waals surface area (Å²) in [6.07, 6.45) is 8.20. The molecule has 0 radical (unpaired) electrons. The number of hydrogen-bond donors (Lipinski definition) is 1. The fourth-order valence-corrected chi connectivity index (χ4v) is 2.12. The Morgan fingerprint density at radius 1 is 1.57 bits per heavy atom. The van der Waals surface area contributed by atoms with Crippen molar-refractivity contribution in [2.45, 2.75) is 31.5 Å². The molecule has 2 unspecified atom stereocenters. The number of ether oxygens (including phenoxy) is 1. The summed E-state index contributed by atoms with van der Waals surface area (Å²) in [5, 5.41) is 3.33. The van der Waals surface area contributed by atoms with E-state index < -0.39 is 0 Å². The zero-order chi connectivity index (χ0) is 9.80. The first-order valence-electron chi connectivity index (χ1n) is 5.58. The minimum atomic E-state index is 0.151. The summed E-state index contributed by atoms with van der Waals surface area (Å²) in [6.45, 7) is 3.13. The first-order chi connectivity index (χ1) is 6.86. The minimum absolute atomic E-state index is 0.151. The normalized spacial score (nSPS) is 33.8. The Balaban J connectivity index is 1.70. The van der Waals surface area contributed by atoms with Gasteiger partial charge < -0.3 is 9.64 Å². The van der Waals surface area contributed by atoms with Crippen molar-refractivity contribution in [3.63, 3.8) is 0 Å². The van der Waals surface area contributed by atoms with E-state index in [1.165, 1.54) is 19.4 Å². The van der Waals surface area contributed by atoms with Crippen LogP contribution in [0.1, 0.15) is 19.3 Å². The van der Waals surface area contributed by atoms with Gasteiger partial charge in [0.15, 0.2) is 0 Å². The highest BCUT2D eigenvalue weighted by Crippen LogP contribution is 2.15. The van der Waals surface area contributed by atoms with Gasteiger partial charge in [-0.3, -0.25) is 5.32 Å². The molecule has 2 aliphatic heterocycles. The van der Waals surface area contributed by atoms with E-state index in [4.69, 9.17) is 4.74 Å². The maximum Gasteiger partial charge on any atom is 0.127 e. The van der Waals surface area contributed by atoms with Crippen molar-refractivity contribution < 1.29 is 4.74 Å². The Hall–Kier alpha value is -0.380. The molecule has 0 aromatic carbocycles. The van der Waals surface area contributed by atoms with E-state index in [1.54, 1.807) is 0 Å². The quantitative estimate of drug-likeness (QED) is 0.681. The number of likely N-dealkylation sites (N-methyl/N-ethyl adjacent to an activating group) is 1. The van der Waals surface area contributed by atoms with E-state index >= 15 is 0 Å². The Labute approximate surface area is 86.1 Å². The second kappa shape index (κ2) is 4.91. The van der Waals surface area contributed by atoms with Gasteiger partial charge in [0.25, 0.3) is 0 Å². The molecule has 0 bridgehead atoms. The molecule has 3 nitrogen and oxygen atoms in total. The van der Waals surface area contributed by atoms with Crippen LogP contribution in [0.3, 0.4) is 0 Å². The predicted octanol–water partition coefficient (Wildman–Crippen LogP) is 0.973. The van der Waals surface area contributed by atoms with Crippen LogP contribution in [0.15, 0.2) is 12.2 Å². The molecule has 0 amide bonds. The van der Waals surface area contributed by atoms with Gasteiger partial charge >= 0.3 is 0 Å². The molecule has 1 N–H and O–H groups in total. The molecule has 14 heavy (non-hydrogen) atoms. The first-order valence-corrected chi connectivity index (χ1v) is 5.58. The molecule has 0 aromatic heterocycles. The van der Waals surface area contributed by atoms with Crippen LogP contribution in [0.25, 0.3) is 0 Å². The molecule has 1 fully saturated rings. The lowest BCUT2D eigenvalue weighted by Crippen LogP contribution is -2.37. The maximum absolute atomic E-state index is 5.80. The second-order valence-corrected chi connectivity index (χ2v) is 4.20. The largest absolute Gasteiger partial charge is 0.358 e. The van der Waals surface area contributed by atoms with Crippen molar-refractivity contribution in [1.82, 2.24) is 10.2 Å². The van der Waals surface area contributed by atoms with E-state index in [9.17, 15) is 0 Å². The molecular weight excluding hydrogens is 176 g/mol. The fraction of sp³-hybridized carbons (Fsp3) is 0.818. The average molecular weight is 196 g/mol. The molecule has 0 aromatic rings. The van der Waals surface area contributed by atoms with Crippen LogP contribution in [0.4, 0.5) is 0 Å². The Kier molecular flexibility index (Phi) is 3.56. The molecule has 1 saturated heterocycles. The van der Waals surface area contributed by atoms with Gasteiger partial charge in [0.1, 0.15) is 6.23 Å². The highest BCUT2D eigenvalue weighted by Gasteiger charge is 2.21. The van der Waals surface area contributed by atoms with Crippen LogP contribution in [-0.2, 0) is 4.74 Å². The first kappa shape index (κ1) is 10.1. The van der Waals surface area contributed by atoms with E-state index in [-0.39, 0.29) is 6.23 Å². The zero-order valence-electron chi connectivity index (χ0n) is 8.91. The third kappa shape index (κ3) is 2.56. The maximum atomic E-state index is 5.80. The van der Waals surface area contributed by atoms with Crippen molar-refractivity contribution in [1.29, 1.82) is 0 Å². The number of nitrogens with one attached hydrogen (secondary N) is 1. The van der Waals surface area contributed by atoms with Crippen LogP contribution in [0.5, 0.6) is 0 Å². The van der Waals surface area contributed by atoms with Gasteiger partial charge in [-0.1, -0.05) is 6.08 Å². The lowest BCUT2D eigenvalue weighted by atomic mass is 10.2. The van der Waals surface area contributed by atoms with Gasteiger partial charge in [-0.05, 0) is 38.9 Å². The van der Waals surface area contributed by atoms with Gasteiger partial charge in [-0.15, -0.1) is 0 Å². The Morgan fingerprint density at radius 2 is 2.50 bits per heavy atom. The van der Waals surface area contributed by atoms with Crippen LogP contribution < -0.4 is 5.32 Å². The Bertz CT molecular complexity index is 205. The van der Waals surface area contributed by atoms with Crippen molar-refractivity contribution in [2.75, 3.05) is 26.7 Å².